The molecule has 2 saturated heterocycles. The number of piperazine rings is 1. The molecule has 62 heavy (non-hydrogen) atoms. The molecule has 0 bridgehead atoms. The van der Waals surface area contributed by atoms with Crippen molar-refractivity contribution in [2.75, 3.05) is 31.1 Å². The zero-order valence-corrected chi connectivity index (χ0v) is 36.3. The third kappa shape index (κ3) is 7.68. The highest BCUT2D eigenvalue weighted by Gasteiger charge is 2.46. The third-order valence-electron chi connectivity index (χ3n) is 11.9. The van der Waals surface area contributed by atoms with Crippen LogP contribution in [0.15, 0.2) is 81.8 Å². The Balaban J connectivity index is 0.823. The number of carbonyl (C=O) groups is 5. The molecule has 1 unspecified atom stereocenters. The largest absolute Gasteiger partial charge is 0.369 e. The molecule has 15 nitrogen and oxygen atoms in total. The van der Waals surface area contributed by atoms with Crippen LogP contribution in [0.2, 0.25) is 0 Å². The lowest BCUT2D eigenvalue weighted by molar-refractivity contribution is -0.136. The summed E-state index contributed by atoms with van der Waals surface area (Å²) < 4.78 is 5.75. The number of aromatic amines is 1. The molecule has 0 radical (unpaired) electrons. The first-order valence-electron chi connectivity index (χ1n) is 20.5. The fourth-order valence-electron chi connectivity index (χ4n) is 8.28. The maximum atomic E-state index is 13.5. The van der Waals surface area contributed by atoms with Crippen molar-refractivity contribution >= 4 is 62.1 Å². The van der Waals surface area contributed by atoms with Gasteiger partial charge in [0.1, 0.15) is 6.04 Å². The van der Waals surface area contributed by atoms with E-state index in [9.17, 15) is 24.0 Å². The summed E-state index contributed by atoms with van der Waals surface area (Å²) in [5.41, 5.74) is 9.09. The van der Waals surface area contributed by atoms with Crippen LogP contribution < -0.4 is 15.5 Å². The zero-order valence-electron chi connectivity index (χ0n) is 34.7. The van der Waals surface area contributed by atoms with Crippen molar-refractivity contribution in [3.8, 4) is 22.4 Å². The van der Waals surface area contributed by atoms with Crippen LogP contribution in [0.25, 0.3) is 33.3 Å². The summed E-state index contributed by atoms with van der Waals surface area (Å²) in [5, 5.41) is 17.9. The van der Waals surface area contributed by atoms with Crippen LogP contribution >= 0.6 is 15.9 Å². The van der Waals surface area contributed by atoms with Gasteiger partial charge in [0.15, 0.2) is 5.82 Å². The number of H-pyrrole nitrogens is 1. The van der Waals surface area contributed by atoms with Gasteiger partial charge in [0.25, 0.3) is 11.8 Å². The Kier molecular flexibility index (Phi) is 10.6. The second kappa shape index (κ2) is 16.1. The molecule has 316 valence electrons. The van der Waals surface area contributed by atoms with Gasteiger partial charge in [-0.15, -0.1) is 0 Å². The lowest BCUT2D eigenvalue weighted by Crippen LogP contribution is -2.54. The standard InChI is InChI=1S/C46H44BrN9O6/c1-25-21-28(5-6-29(25)23-48-41(59)42-50-45(53-62-42)46(2,3)4)39-33-22-27(10-14-34(33)51-52-39)26-7-11-31(12-8-26)55-19-17-54(18-20-55)24-30-9-13-32-37(38(30)47)44(61)56(43(32)60)35-15-16-36(57)49-40(35)58/h5-14,21-22,35H,15-20,23-24H2,1-4H3,(H,48,59)(H,51,52)(H,49,57,58). The molecule has 0 aliphatic carbocycles. The van der Waals surface area contributed by atoms with Crippen molar-refractivity contribution < 1.29 is 28.5 Å². The molecule has 2 aromatic heterocycles. The van der Waals surface area contributed by atoms with Gasteiger partial charge in [-0.1, -0.05) is 62.3 Å². The number of aryl methyl sites for hydroxylation is 1. The van der Waals surface area contributed by atoms with Gasteiger partial charge in [-0.3, -0.25) is 44.2 Å². The van der Waals surface area contributed by atoms with E-state index >= 15 is 0 Å². The van der Waals surface area contributed by atoms with Gasteiger partial charge < -0.3 is 14.7 Å². The summed E-state index contributed by atoms with van der Waals surface area (Å²) >= 11 is 3.62. The second-order valence-corrected chi connectivity index (χ2v) is 17.8. The highest BCUT2D eigenvalue weighted by atomic mass is 79.9. The van der Waals surface area contributed by atoms with E-state index in [1.807, 2.05) is 45.9 Å². The first kappa shape index (κ1) is 40.9. The van der Waals surface area contributed by atoms with Crippen LogP contribution in [0.4, 0.5) is 5.69 Å². The van der Waals surface area contributed by atoms with E-state index in [1.54, 1.807) is 6.07 Å². The Morgan fingerprint density at radius 3 is 2.32 bits per heavy atom. The molecule has 3 aliphatic rings. The summed E-state index contributed by atoms with van der Waals surface area (Å²) in [6.45, 7) is 12.0. The number of halogens is 1. The molecule has 3 aliphatic heterocycles. The van der Waals surface area contributed by atoms with E-state index in [0.29, 0.717) is 23.4 Å². The Hall–Kier alpha value is -6.52. The van der Waals surface area contributed by atoms with Crippen LogP contribution in [-0.4, -0.2) is 91.9 Å². The van der Waals surface area contributed by atoms with Gasteiger partial charge in [0, 0.05) is 72.2 Å². The van der Waals surface area contributed by atoms with E-state index in [0.717, 1.165) is 86.7 Å². The van der Waals surface area contributed by atoms with Crippen LogP contribution in [0.5, 0.6) is 0 Å². The smallest absolute Gasteiger partial charge is 0.315 e. The van der Waals surface area contributed by atoms with Gasteiger partial charge >= 0.3 is 11.8 Å². The predicted octanol–water partition coefficient (Wildman–Crippen LogP) is 6.30. The highest BCUT2D eigenvalue weighted by Crippen LogP contribution is 2.36. The molecule has 2 fully saturated rings. The number of hydrogen-bond donors (Lipinski definition) is 3. The fourth-order valence-corrected chi connectivity index (χ4v) is 8.92. The first-order chi connectivity index (χ1) is 29.7. The van der Waals surface area contributed by atoms with Crippen molar-refractivity contribution in [2.45, 2.75) is 65.1 Å². The van der Waals surface area contributed by atoms with Crippen molar-refractivity contribution in [3.63, 3.8) is 0 Å². The van der Waals surface area contributed by atoms with Crippen molar-refractivity contribution in [1.29, 1.82) is 0 Å². The Labute approximate surface area is 365 Å². The molecule has 16 heteroatoms. The molecule has 4 aromatic carbocycles. The number of hydrogen-bond acceptors (Lipinski definition) is 11. The van der Waals surface area contributed by atoms with Gasteiger partial charge in [-0.2, -0.15) is 10.1 Å². The van der Waals surface area contributed by atoms with E-state index in [4.69, 9.17) is 4.52 Å². The number of carbonyl (C=O) groups excluding carboxylic acids is 5. The molecular formula is C46H44BrN9O6. The molecular weight excluding hydrogens is 854 g/mol. The maximum absolute atomic E-state index is 13.5. The van der Waals surface area contributed by atoms with Gasteiger partial charge in [-0.05, 0) is 93.5 Å². The molecule has 5 amide bonds. The zero-order chi connectivity index (χ0) is 43.4. The van der Waals surface area contributed by atoms with E-state index in [1.165, 1.54) is 0 Å². The number of imide groups is 2. The van der Waals surface area contributed by atoms with E-state index in [-0.39, 0.29) is 35.3 Å². The Bertz CT molecular complexity index is 2800. The minimum atomic E-state index is -1.01. The lowest BCUT2D eigenvalue weighted by Gasteiger charge is -2.36. The highest BCUT2D eigenvalue weighted by molar-refractivity contribution is 9.10. The summed E-state index contributed by atoms with van der Waals surface area (Å²) in [5.74, 6) is -2.07. The molecule has 1 atom stereocenters. The van der Waals surface area contributed by atoms with Crippen molar-refractivity contribution in [1.82, 2.24) is 40.8 Å². The van der Waals surface area contributed by atoms with Crippen molar-refractivity contribution in [2.24, 2.45) is 0 Å². The molecule has 0 spiro atoms. The lowest BCUT2D eigenvalue weighted by atomic mass is 9.96. The van der Waals surface area contributed by atoms with E-state index in [2.05, 4.69) is 105 Å². The molecule has 6 aromatic rings. The number of fused-ring (bicyclic) bond motifs is 2. The monoisotopic (exact) mass is 897 g/mol. The summed E-state index contributed by atoms with van der Waals surface area (Å²) in [6, 6.07) is 23.5. The number of amides is 5. The number of nitrogens with zero attached hydrogens (tertiary/aromatic N) is 6. The summed E-state index contributed by atoms with van der Waals surface area (Å²) in [7, 11) is 0. The number of piperidine rings is 1. The van der Waals surface area contributed by atoms with Crippen LogP contribution in [0.1, 0.15) is 87.5 Å². The number of benzene rings is 4. The van der Waals surface area contributed by atoms with Gasteiger partial charge in [0.2, 0.25) is 11.8 Å². The number of aromatic nitrogens is 4. The normalized spacial score (nSPS) is 17.2. The van der Waals surface area contributed by atoms with Crippen molar-refractivity contribution in [3.05, 3.63) is 117 Å². The molecule has 3 N–H and O–H groups in total. The minimum absolute atomic E-state index is 0.0556. The third-order valence-corrected chi connectivity index (χ3v) is 12.8. The quantitative estimate of drug-likeness (QED) is 0.138. The second-order valence-electron chi connectivity index (χ2n) is 17.0. The Morgan fingerprint density at radius 1 is 0.887 bits per heavy atom. The topological polar surface area (TPSA) is 187 Å². The molecule has 0 saturated carbocycles. The minimum Gasteiger partial charge on any atom is -0.369 e. The van der Waals surface area contributed by atoms with E-state index < -0.39 is 35.6 Å². The van der Waals surface area contributed by atoms with Crippen LogP contribution in [0.3, 0.4) is 0 Å². The summed E-state index contributed by atoms with van der Waals surface area (Å²) in [4.78, 5) is 73.6. The SMILES string of the molecule is Cc1cc(-c2n[nH]c3ccc(-c4ccc(N5CCN(Cc6ccc7c(c6Br)C(=O)N(C6CCC(=O)NC6=O)C7=O)CC5)cc4)cc23)ccc1CNC(=O)c1nc(C(C)(C)C)no1. The molecule has 5 heterocycles. The average Bonchev–Trinajstić information content (AvgIpc) is 3.99. The van der Waals surface area contributed by atoms with Crippen LogP contribution in [-0.2, 0) is 28.1 Å². The number of rotatable bonds is 9. The average molecular weight is 899 g/mol. The number of nitrogens with one attached hydrogen (secondary N) is 3. The predicted molar refractivity (Wildman–Crippen MR) is 234 cm³/mol. The summed E-state index contributed by atoms with van der Waals surface area (Å²) in [6.07, 6.45) is 0.187. The molecule has 9 rings (SSSR count). The first-order valence-corrected chi connectivity index (χ1v) is 21.3. The maximum Gasteiger partial charge on any atom is 0.315 e. The van der Waals surface area contributed by atoms with Crippen LogP contribution in [0, 0.1) is 6.92 Å². The van der Waals surface area contributed by atoms with Gasteiger partial charge in [-0.25, -0.2) is 0 Å². The van der Waals surface area contributed by atoms with Gasteiger partial charge in [0.05, 0.1) is 22.3 Å². The fraction of sp³-hybridized carbons (Fsp3) is 0.304. The number of anilines is 1. The Morgan fingerprint density at radius 2 is 1.61 bits per heavy atom.